The summed E-state index contributed by atoms with van der Waals surface area (Å²) in [6, 6.07) is 6.91. The highest BCUT2D eigenvalue weighted by atomic mass is 19.1. The van der Waals surface area contributed by atoms with Gasteiger partial charge in [-0.25, -0.2) is 4.39 Å². The molecule has 1 saturated heterocycles. The fourth-order valence-electron chi connectivity index (χ4n) is 2.78. The third kappa shape index (κ3) is 3.49. The zero-order valence-corrected chi connectivity index (χ0v) is 12.2. The summed E-state index contributed by atoms with van der Waals surface area (Å²) >= 11 is 0. The van der Waals surface area contributed by atoms with Crippen LogP contribution in [0.25, 0.3) is 0 Å². The molecule has 0 unspecified atom stereocenters. The van der Waals surface area contributed by atoms with Crippen LogP contribution in [0.3, 0.4) is 0 Å². The molecule has 1 aromatic rings. The minimum absolute atomic E-state index is 0.294. The number of anilines is 1. The van der Waals surface area contributed by atoms with E-state index in [0.717, 1.165) is 38.2 Å². The smallest absolute Gasteiger partial charge is 0.124 e. The summed E-state index contributed by atoms with van der Waals surface area (Å²) in [5.41, 5.74) is 1.27. The highest BCUT2D eigenvalue weighted by molar-refractivity contribution is 5.60. The van der Waals surface area contributed by atoms with Gasteiger partial charge in [0.15, 0.2) is 0 Å². The molecule has 4 heteroatoms. The van der Waals surface area contributed by atoms with Gasteiger partial charge in [-0.1, -0.05) is 0 Å². The number of nitrogens with zero attached hydrogens (tertiary/aromatic N) is 2. The van der Waals surface area contributed by atoms with Gasteiger partial charge >= 0.3 is 0 Å². The zero-order chi connectivity index (χ0) is 14.5. The number of benzene rings is 1. The van der Waals surface area contributed by atoms with Crippen LogP contribution < -0.4 is 10.2 Å². The molecule has 0 saturated carbocycles. The summed E-state index contributed by atoms with van der Waals surface area (Å²) in [6.45, 7) is 7.28. The molecule has 20 heavy (non-hydrogen) atoms. The molecule has 0 aromatic heterocycles. The van der Waals surface area contributed by atoms with Gasteiger partial charge in [-0.3, -0.25) is 0 Å². The molecule has 0 atom stereocenters. The number of piperidine rings is 1. The average Bonchev–Trinajstić information content (AvgIpc) is 2.46. The summed E-state index contributed by atoms with van der Waals surface area (Å²) in [6.07, 6.45) is 2.32. The van der Waals surface area contributed by atoms with Crippen LogP contribution in [0.2, 0.25) is 0 Å². The average molecular weight is 275 g/mol. The van der Waals surface area contributed by atoms with Gasteiger partial charge in [-0.15, -0.1) is 0 Å². The molecule has 1 N–H and O–H groups in total. The molecule has 0 spiro atoms. The molecule has 0 aliphatic carbocycles. The van der Waals surface area contributed by atoms with Crippen LogP contribution in [-0.4, -0.2) is 25.7 Å². The van der Waals surface area contributed by atoms with Crippen molar-refractivity contribution < 1.29 is 4.39 Å². The third-order valence-corrected chi connectivity index (χ3v) is 3.93. The molecule has 1 aromatic carbocycles. The van der Waals surface area contributed by atoms with Gasteiger partial charge in [-0.2, -0.15) is 5.26 Å². The van der Waals surface area contributed by atoms with Crippen molar-refractivity contribution in [3.63, 3.8) is 0 Å². The van der Waals surface area contributed by atoms with Gasteiger partial charge in [0.25, 0.3) is 0 Å². The molecule has 1 heterocycles. The molecule has 108 valence electrons. The lowest BCUT2D eigenvalue weighted by atomic mass is 9.96. The number of rotatable bonds is 4. The van der Waals surface area contributed by atoms with E-state index < -0.39 is 0 Å². The summed E-state index contributed by atoms with van der Waals surface area (Å²) in [5.74, 6) is 0.283. The molecular weight excluding hydrogens is 253 g/mol. The van der Waals surface area contributed by atoms with E-state index >= 15 is 0 Å². The Bertz CT molecular complexity index is 487. The molecule has 1 aliphatic rings. The quantitative estimate of drug-likeness (QED) is 0.918. The summed E-state index contributed by atoms with van der Waals surface area (Å²) < 4.78 is 13.3. The maximum Gasteiger partial charge on any atom is 0.124 e. The van der Waals surface area contributed by atoms with Crippen LogP contribution in [0.5, 0.6) is 0 Å². The van der Waals surface area contributed by atoms with E-state index in [1.54, 1.807) is 6.07 Å². The standard InChI is InChI=1S/C16H22FN3/c1-12(2)20(11-13-5-7-19-8-6-13)16-4-3-15(17)9-14(16)10-18/h3-4,9,12-13,19H,5-8,11H2,1-2H3. The fraction of sp³-hybridized carbons (Fsp3) is 0.562. The molecule has 0 bridgehead atoms. The second-order valence-electron chi connectivity index (χ2n) is 5.71. The lowest BCUT2D eigenvalue weighted by Crippen LogP contribution is -2.39. The van der Waals surface area contributed by atoms with Gasteiger partial charge in [-0.05, 0) is 63.9 Å². The fourth-order valence-corrected chi connectivity index (χ4v) is 2.78. The van der Waals surface area contributed by atoms with Crippen molar-refractivity contribution >= 4 is 5.69 Å². The first-order valence-electron chi connectivity index (χ1n) is 7.29. The van der Waals surface area contributed by atoms with Crippen molar-refractivity contribution in [1.29, 1.82) is 5.26 Å². The molecule has 1 fully saturated rings. The van der Waals surface area contributed by atoms with E-state index in [1.807, 2.05) is 0 Å². The number of halogens is 1. The first kappa shape index (κ1) is 14.8. The summed E-state index contributed by atoms with van der Waals surface area (Å²) in [5, 5.41) is 12.6. The molecule has 1 aliphatic heterocycles. The van der Waals surface area contributed by atoms with E-state index in [-0.39, 0.29) is 5.82 Å². The van der Waals surface area contributed by atoms with E-state index in [2.05, 4.69) is 30.1 Å². The molecule has 0 amide bonds. The monoisotopic (exact) mass is 275 g/mol. The largest absolute Gasteiger partial charge is 0.368 e. The van der Waals surface area contributed by atoms with E-state index in [0.29, 0.717) is 17.5 Å². The SMILES string of the molecule is CC(C)N(CC1CCNCC1)c1ccc(F)cc1C#N. The normalized spacial score (nSPS) is 16.1. The Hall–Kier alpha value is -1.60. The number of nitrogens with one attached hydrogen (secondary N) is 1. The predicted molar refractivity (Wildman–Crippen MR) is 79.2 cm³/mol. The Kier molecular flexibility index (Phi) is 4.97. The molecule has 2 rings (SSSR count). The second kappa shape index (κ2) is 6.71. The van der Waals surface area contributed by atoms with E-state index in [4.69, 9.17) is 0 Å². The topological polar surface area (TPSA) is 39.1 Å². The number of hydrogen-bond acceptors (Lipinski definition) is 3. The van der Waals surface area contributed by atoms with Crippen molar-refractivity contribution in [1.82, 2.24) is 5.32 Å². The Morgan fingerprint density at radius 1 is 1.40 bits per heavy atom. The Morgan fingerprint density at radius 3 is 2.70 bits per heavy atom. The van der Waals surface area contributed by atoms with Crippen molar-refractivity contribution in [2.24, 2.45) is 5.92 Å². The minimum atomic E-state index is -0.351. The van der Waals surface area contributed by atoms with Gasteiger partial charge < -0.3 is 10.2 Å². The van der Waals surface area contributed by atoms with Crippen LogP contribution in [0, 0.1) is 23.1 Å². The zero-order valence-electron chi connectivity index (χ0n) is 12.2. The van der Waals surface area contributed by atoms with Crippen molar-refractivity contribution in [3.8, 4) is 6.07 Å². The van der Waals surface area contributed by atoms with E-state index in [9.17, 15) is 9.65 Å². The minimum Gasteiger partial charge on any atom is -0.368 e. The Balaban J connectivity index is 2.22. The van der Waals surface area contributed by atoms with Crippen LogP contribution in [-0.2, 0) is 0 Å². The van der Waals surface area contributed by atoms with Crippen molar-refractivity contribution in [3.05, 3.63) is 29.6 Å². The number of hydrogen-bond donors (Lipinski definition) is 1. The first-order chi connectivity index (χ1) is 9.61. The van der Waals surface area contributed by atoms with Crippen LogP contribution in [0.1, 0.15) is 32.3 Å². The summed E-state index contributed by atoms with van der Waals surface area (Å²) in [7, 11) is 0. The van der Waals surface area contributed by atoms with Gasteiger partial charge in [0.05, 0.1) is 11.3 Å². The maximum absolute atomic E-state index is 13.3. The highest BCUT2D eigenvalue weighted by Gasteiger charge is 2.21. The second-order valence-corrected chi connectivity index (χ2v) is 5.71. The first-order valence-corrected chi connectivity index (χ1v) is 7.29. The van der Waals surface area contributed by atoms with Crippen LogP contribution in [0.4, 0.5) is 10.1 Å². The lowest BCUT2D eigenvalue weighted by molar-refractivity contribution is 0.367. The van der Waals surface area contributed by atoms with Crippen molar-refractivity contribution in [2.45, 2.75) is 32.7 Å². The van der Waals surface area contributed by atoms with Gasteiger partial charge in [0.2, 0.25) is 0 Å². The highest BCUT2D eigenvalue weighted by Crippen LogP contribution is 2.26. The van der Waals surface area contributed by atoms with Crippen LogP contribution >= 0.6 is 0 Å². The Morgan fingerprint density at radius 2 is 2.10 bits per heavy atom. The van der Waals surface area contributed by atoms with E-state index in [1.165, 1.54) is 12.1 Å². The molecular formula is C16H22FN3. The maximum atomic E-state index is 13.3. The molecule has 3 nitrogen and oxygen atoms in total. The third-order valence-electron chi connectivity index (χ3n) is 3.93. The van der Waals surface area contributed by atoms with Gasteiger partial charge in [0.1, 0.15) is 11.9 Å². The molecule has 0 radical (unpaired) electrons. The summed E-state index contributed by atoms with van der Waals surface area (Å²) in [4.78, 5) is 2.23. The Labute approximate surface area is 120 Å². The lowest BCUT2D eigenvalue weighted by Gasteiger charge is -2.35. The van der Waals surface area contributed by atoms with Crippen molar-refractivity contribution in [2.75, 3.05) is 24.5 Å². The predicted octanol–water partition coefficient (Wildman–Crippen LogP) is 2.91. The van der Waals surface area contributed by atoms with Crippen LogP contribution in [0.15, 0.2) is 18.2 Å². The van der Waals surface area contributed by atoms with Gasteiger partial charge in [0, 0.05) is 12.6 Å². The number of nitriles is 1.